The molecule has 1 amide bonds. The van der Waals surface area contributed by atoms with E-state index in [0.29, 0.717) is 10.9 Å². The number of carbonyl (C=O) groups is 1. The Morgan fingerprint density at radius 1 is 1.10 bits per heavy atom. The van der Waals surface area contributed by atoms with Gasteiger partial charge >= 0.3 is 0 Å². The van der Waals surface area contributed by atoms with Gasteiger partial charge in [-0.25, -0.2) is 9.37 Å². The standard InChI is InChI=1S/C22H24FN3O2S2/c23-16-1-2-19-15(13-16)14-20(30-19)21(27)26-8-3-17(4-9-26)25-10-5-18(6-11-25)28-22-24-7-12-29-22/h1-2,7,12-14,17-18H,3-6,8-11H2. The topological polar surface area (TPSA) is 45.7 Å². The molecule has 158 valence electrons. The highest BCUT2D eigenvalue weighted by Crippen LogP contribution is 2.29. The van der Waals surface area contributed by atoms with Crippen LogP contribution in [0.1, 0.15) is 35.4 Å². The van der Waals surface area contributed by atoms with Crippen LogP contribution in [0.15, 0.2) is 35.8 Å². The molecule has 8 heteroatoms. The lowest BCUT2D eigenvalue weighted by Crippen LogP contribution is -2.50. The maximum Gasteiger partial charge on any atom is 0.273 e. The first-order valence-electron chi connectivity index (χ1n) is 10.4. The molecule has 0 saturated carbocycles. The van der Waals surface area contributed by atoms with E-state index >= 15 is 0 Å². The van der Waals surface area contributed by atoms with Crippen LogP contribution >= 0.6 is 22.7 Å². The van der Waals surface area contributed by atoms with Crippen LogP contribution in [0.5, 0.6) is 5.19 Å². The fourth-order valence-corrected chi connectivity index (χ4v) is 6.04. The minimum atomic E-state index is -0.263. The van der Waals surface area contributed by atoms with Crippen molar-refractivity contribution in [1.29, 1.82) is 0 Å². The highest BCUT2D eigenvalue weighted by Gasteiger charge is 2.31. The molecule has 2 saturated heterocycles. The van der Waals surface area contributed by atoms with E-state index in [2.05, 4.69) is 9.88 Å². The molecule has 30 heavy (non-hydrogen) atoms. The summed E-state index contributed by atoms with van der Waals surface area (Å²) in [6.45, 7) is 3.64. The maximum atomic E-state index is 13.4. The number of halogens is 1. The van der Waals surface area contributed by atoms with Gasteiger partial charge in [0.2, 0.25) is 0 Å². The molecule has 0 spiro atoms. The molecular formula is C22H24FN3O2S2. The number of carbonyl (C=O) groups excluding carboxylic acids is 1. The predicted molar refractivity (Wildman–Crippen MR) is 118 cm³/mol. The lowest BCUT2D eigenvalue weighted by molar-refractivity contribution is 0.0427. The summed E-state index contributed by atoms with van der Waals surface area (Å²) < 4.78 is 20.4. The summed E-state index contributed by atoms with van der Waals surface area (Å²) in [4.78, 5) is 22.4. The Kier molecular flexibility index (Phi) is 5.71. The van der Waals surface area contributed by atoms with Crippen molar-refractivity contribution >= 4 is 38.7 Å². The van der Waals surface area contributed by atoms with Gasteiger partial charge in [-0.05, 0) is 55.3 Å². The molecule has 0 aliphatic carbocycles. The van der Waals surface area contributed by atoms with E-state index in [1.54, 1.807) is 23.6 Å². The lowest BCUT2D eigenvalue weighted by atomic mass is 9.98. The van der Waals surface area contributed by atoms with E-state index in [4.69, 9.17) is 4.74 Å². The van der Waals surface area contributed by atoms with Crippen LogP contribution in [0.2, 0.25) is 0 Å². The molecule has 4 heterocycles. The molecule has 5 nitrogen and oxygen atoms in total. The van der Waals surface area contributed by atoms with E-state index in [1.165, 1.54) is 23.5 Å². The van der Waals surface area contributed by atoms with E-state index in [1.807, 2.05) is 16.3 Å². The number of hydrogen-bond donors (Lipinski definition) is 0. The summed E-state index contributed by atoms with van der Waals surface area (Å²) in [5.74, 6) is -0.188. The molecule has 0 unspecified atom stereocenters. The summed E-state index contributed by atoms with van der Waals surface area (Å²) in [6.07, 6.45) is 6.09. The van der Waals surface area contributed by atoms with E-state index in [0.717, 1.165) is 67.1 Å². The van der Waals surface area contributed by atoms with E-state index < -0.39 is 0 Å². The summed E-state index contributed by atoms with van der Waals surface area (Å²) in [5.41, 5.74) is 0. The monoisotopic (exact) mass is 445 g/mol. The van der Waals surface area contributed by atoms with Crippen LogP contribution < -0.4 is 4.74 Å². The average molecular weight is 446 g/mol. The van der Waals surface area contributed by atoms with Gasteiger partial charge in [0.15, 0.2) is 0 Å². The summed E-state index contributed by atoms with van der Waals surface area (Å²) in [7, 11) is 0. The molecule has 2 aliphatic heterocycles. The Hall–Kier alpha value is -2.03. The number of thiophene rings is 1. The van der Waals surface area contributed by atoms with Gasteiger partial charge in [-0.15, -0.1) is 11.3 Å². The zero-order chi connectivity index (χ0) is 20.5. The zero-order valence-electron chi connectivity index (χ0n) is 16.6. The molecule has 3 aromatic rings. The van der Waals surface area contributed by atoms with Crippen LogP contribution in [-0.2, 0) is 0 Å². The molecule has 5 rings (SSSR count). The second-order valence-electron chi connectivity index (χ2n) is 7.97. The second kappa shape index (κ2) is 8.61. The molecule has 2 aliphatic rings. The van der Waals surface area contributed by atoms with Crippen molar-refractivity contribution in [3.8, 4) is 5.19 Å². The van der Waals surface area contributed by atoms with Crippen LogP contribution in [0.4, 0.5) is 4.39 Å². The Bertz CT molecular complexity index is 1010. The SMILES string of the molecule is O=C(c1cc2cc(F)ccc2s1)N1CCC(N2CCC(Oc3nccs3)CC2)CC1. The van der Waals surface area contributed by atoms with Crippen LogP contribution in [0.25, 0.3) is 10.1 Å². The minimum absolute atomic E-state index is 0.0746. The van der Waals surface area contributed by atoms with Crippen molar-refractivity contribution in [2.24, 2.45) is 0 Å². The summed E-state index contributed by atoms with van der Waals surface area (Å²) >= 11 is 3.00. The summed E-state index contributed by atoms with van der Waals surface area (Å²) in [6, 6.07) is 7.05. The zero-order valence-corrected chi connectivity index (χ0v) is 18.3. The van der Waals surface area contributed by atoms with Gasteiger partial charge in [0.1, 0.15) is 11.9 Å². The van der Waals surface area contributed by atoms with Crippen LogP contribution in [0, 0.1) is 5.82 Å². The molecule has 1 aromatic carbocycles. The molecule has 0 atom stereocenters. The van der Waals surface area contributed by atoms with Gasteiger partial charge < -0.3 is 9.64 Å². The lowest BCUT2D eigenvalue weighted by Gasteiger charge is -2.41. The number of fused-ring (bicyclic) bond motifs is 1. The number of piperidine rings is 2. The molecule has 2 aromatic heterocycles. The fraction of sp³-hybridized carbons (Fsp3) is 0.455. The molecule has 2 fully saturated rings. The van der Waals surface area contributed by atoms with Crippen molar-refractivity contribution in [1.82, 2.24) is 14.8 Å². The molecular weight excluding hydrogens is 421 g/mol. The molecule has 0 N–H and O–H groups in total. The Labute approximate surface area is 183 Å². The Balaban J connectivity index is 1.13. The highest BCUT2D eigenvalue weighted by atomic mass is 32.1. The second-order valence-corrected chi connectivity index (χ2v) is 9.91. The first kappa shape index (κ1) is 19.9. The number of aromatic nitrogens is 1. The first-order chi connectivity index (χ1) is 14.7. The van der Waals surface area contributed by atoms with Crippen molar-refractivity contribution in [2.75, 3.05) is 26.2 Å². The Morgan fingerprint density at radius 3 is 2.63 bits per heavy atom. The minimum Gasteiger partial charge on any atom is -0.467 e. The quantitative estimate of drug-likeness (QED) is 0.587. The first-order valence-corrected chi connectivity index (χ1v) is 12.1. The van der Waals surface area contributed by atoms with Crippen molar-refractivity contribution < 1.29 is 13.9 Å². The smallest absolute Gasteiger partial charge is 0.273 e. The fourth-order valence-electron chi connectivity index (χ4n) is 4.48. The van der Waals surface area contributed by atoms with Crippen molar-refractivity contribution in [2.45, 2.75) is 37.8 Å². The number of amides is 1. The van der Waals surface area contributed by atoms with Crippen molar-refractivity contribution in [3.05, 3.63) is 46.5 Å². The van der Waals surface area contributed by atoms with Gasteiger partial charge in [0.25, 0.3) is 11.1 Å². The number of thiazole rings is 1. The van der Waals surface area contributed by atoms with Gasteiger partial charge in [-0.2, -0.15) is 0 Å². The third kappa shape index (κ3) is 4.22. The average Bonchev–Trinajstić information content (AvgIpc) is 3.43. The molecule has 0 bridgehead atoms. The normalized spacial score (nSPS) is 19.4. The van der Waals surface area contributed by atoms with Gasteiger partial charge in [0.05, 0.1) is 4.88 Å². The number of benzene rings is 1. The van der Waals surface area contributed by atoms with E-state index in [-0.39, 0.29) is 17.8 Å². The Morgan fingerprint density at radius 2 is 1.90 bits per heavy atom. The number of ether oxygens (including phenoxy) is 1. The number of hydrogen-bond acceptors (Lipinski definition) is 6. The third-order valence-corrected chi connectivity index (χ3v) is 7.88. The van der Waals surface area contributed by atoms with Gasteiger partial charge in [-0.3, -0.25) is 9.69 Å². The highest BCUT2D eigenvalue weighted by molar-refractivity contribution is 7.20. The molecule has 0 radical (unpaired) electrons. The summed E-state index contributed by atoms with van der Waals surface area (Å²) in [5, 5.41) is 3.52. The van der Waals surface area contributed by atoms with Crippen molar-refractivity contribution in [3.63, 3.8) is 0 Å². The van der Waals surface area contributed by atoms with Crippen LogP contribution in [0.3, 0.4) is 0 Å². The number of rotatable bonds is 4. The third-order valence-electron chi connectivity index (χ3n) is 6.11. The van der Waals surface area contributed by atoms with Gasteiger partial charge in [0, 0.05) is 48.5 Å². The largest absolute Gasteiger partial charge is 0.467 e. The number of likely N-dealkylation sites (tertiary alicyclic amines) is 2. The predicted octanol–water partition coefficient (Wildman–Crippen LogP) is 4.64. The van der Waals surface area contributed by atoms with E-state index in [9.17, 15) is 9.18 Å². The van der Waals surface area contributed by atoms with Crippen LogP contribution in [-0.4, -0.2) is 59.0 Å². The van der Waals surface area contributed by atoms with Gasteiger partial charge in [-0.1, -0.05) is 11.3 Å². The maximum absolute atomic E-state index is 13.4. The number of nitrogens with zero attached hydrogens (tertiary/aromatic N) is 3.